The van der Waals surface area contributed by atoms with Gasteiger partial charge in [-0.05, 0) is 43.6 Å². The van der Waals surface area contributed by atoms with Crippen molar-refractivity contribution in [2.45, 2.75) is 38.7 Å². The van der Waals surface area contributed by atoms with E-state index in [1.807, 2.05) is 18.2 Å². The minimum atomic E-state index is 0.212. The smallest absolute Gasteiger partial charge is 0.226 e. The van der Waals surface area contributed by atoms with Gasteiger partial charge in [0.2, 0.25) is 5.91 Å². The van der Waals surface area contributed by atoms with Crippen molar-refractivity contribution in [1.29, 1.82) is 0 Å². The lowest BCUT2D eigenvalue weighted by Gasteiger charge is -2.35. The van der Waals surface area contributed by atoms with Crippen molar-refractivity contribution in [1.82, 2.24) is 4.90 Å². The molecule has 1 amide bonds. The number of piperidine rings is 1. The lowest BCUT2D eigenvalue weighted by molar-refractivity contribution is -0.138. The number of nitrogens with zero attached hydrogens (tertiary/aromatic N) is 1. The predicted octanol–water partition coefficient (Wildman–Crippen LogP) is 3.80. The summed E-state index contributed by atoms with van der Waals surface area (Å²) in [4.78, 5) is 14.7. The van der Waals surface area contributed by atoms with Crippen molar-refractivity contribution in [2.24, 2.45) is 11.8 Å². The monoisotopic (exact) mass is 313 g/mol. The van der Waals surface area contributed by atoms with Gasteiger partial charge in [-0.1, -0.05) is 42.5 Å². The molecule has 2 aliphatic rings. The summed E-state index contributed by atoms with van der Waals surface area (Å²) >= 11 is 0. The Morgan fingerprint density at radius 2 is 2.04 bits per heavy atom. The number of hydrogen-bond donors (Lipinski definition) is 0. The second-order valence-electron chi connectivity index (χ2n) is 6.77. The summed E-state index contributed by atoms with van der Waals surface area (Å²) in [5.74, 6) is 1.06. The summed E-state index contributed by atoms with van der Waals surface area (Å²) in [5, 5.41) is 0. The van der Waals surface area contributed by atoms with E-state index in [9.17, 15) is 4.79 Å². The Labute approximate surface area is 139 Å². The first-order valence-corrected chi connectivity index (χ1v) is 8.88. The third-order valence-corrected chi connectivity index (χ3v) is 4.91. The van der Waals surface area contributed by atoms with E-state index in [0.29, 0.717) is 18.4 Å². The molecule has 1 aliphatic carbocycles. The highest BCUT2D eigenvalue weighted by molar-refractivity contribution is 5.79. The highest BCUT2D eigenvalue weighted by atomic mass is 16.5. The molecule has 0 N–H and O–H groups in total. The summed E-state index contributed by atoms with van der Waals surface area (Å²) in [7, 11) is 0. The van der Waals surface area contributed by atoms with Crippen molar-refractivity contribution in [2.75, 3.05) is 19.7 Å². The van der Waals surface area contributed by atoms with Crippen LogP contribution < -0.4 is 0 Å². The third kappa shape index (κ3) is 4.68. The van der Waals surface area contributed by atoms with Gasteiger partial charge in [-0.15, -0.1) is 0 Å². The normalized spacial score (nSPS) is 24.6. The molecular weight excluding hydrogens is 286 g/mol. The summed E-state index contributed by atoms with van der Waals surface area (Å²) < 4.78 is 5.88. The fourth-order valence-corrected chi connectivity index (χ4v) is 3.60. The molecule has 23 heavy (non-hydrogen) atoms. The number of carbonyl (C=O) groups excluding carboxylic acids is 1. The van der Waals surface area contributed by atoms with Crippen LogP contribution in [0.2, 0.25) is 0 Å². The lowest BCUT2D eigenvalue weighted by Crippen LogP contribution is -2.44. The summed E-state index contributed by atoms with van der Waals surface area (Å²) in [5.41, 5.74) is 1.21. The van der Waals surface area contributed by atoms with Gasteiger partial charge in [0.15, 0.2) is 0 Å². The lowest BCUT2D eigenvalue weighted by atomic mass is 9.91. The molecule has 1 aliphatic heterocycles. The molecule has 3 nitrogen and oxygen atoms in total. The van der Waals surface area contributed by atoms with Crippen LogP contribution in [0, 0.1) is 11.8 Å². The number of allylic oxidation sites excluding steroid dienone is 2. The fraction of sp³-hybridized carbons (Fsp3) is 0.550. The molecule has 0 bridgehead atoms. The van der Waals surface area contributed by atoms with Crippen molar-refractivity contribution in [3.63, 3.8) is 0 Å². The maximum Gasteiger partial charge on any atom is 0.226 e. The quantitative estimate of drug-likeness (QED) is 0.774. The van der Waals surface area contributed by atoms with Crippen LogP contribution in [0.15, 0.2) is 42.5 Å². The van der Waals surface area contributed by atoms with Crippen LogP contribution >= 0.6 is 0 Å². The van der Waals surface area contributed by atoms with Crippen LogP contribution in [0.4, 0.5) is 0 Å². The van der Waals surface area contributed by atoms with Crippen LogP contribution in [0.1, 0.15) is 37.7 Å². The number of rotatable bonds is 5. The first-order chi connectivity index (χ1) is 11.3. The van der Waals surface area contributed by atoms with Gasteiger partial charge < -0.3 is 9.64 Å². The van der Waals surface area contributed by atoms with Gasteiger partial charge >= 0.3 is 0 Å². The predicted molar refractivity (Wildman–Crippen MR) is 91.9 cm³/mol. The Morgan fingerprint density at radius 3 is 2.83 bits per heavy atom. The number of amides is 1. The van der Waals surface area contributed by atoms with Crippen molar-refractivity contribution >= 4 is 5.91 Å². The highest BCUT2D eigenvalue weighted by Gasteiger charge is 2.28. The van der Waals surface area contributed by atoms with Gasteiger partial charge in [0, 0.05) is 19.0 Å². The standard InChI is InChI=1S/C20H27NO2/c22-20(19-11-5-2-6-12-19)21-13-7-10-18(14-21)16-23-15-17-8-3-1-4-9-17/h1-5,8-9,18-19H,6-7,10-16H2. The summed E-state index contributed by atoms with van der Waals surface area (Å²) in [6.07, 6.45) is 9.62. The number of benzene rings is 1. The van der Waals surface area contributed by atoms with E-state index in [1.54, 1.807) is 0 Å². The molecule has 2 unspecified atom stereocenters. The topological polar surface area (TPSA) is 29.5 Å². The second kappa shape index (κ2) is 8.30. The molecule has 1 heterocycles. The molecule has 1 fully saturated rings. The summed E-state index contributed by atoms with van der Waals surface area (Å²) in [6, 6.07) is 10.3. The van der Waals surface area contributed by atoms with Gasteiger partial charge in [-0.3, -0.25) is 4.79 Å². The minimum Gasteiger partial charge on any atom is -0.376 e. The molecule has 3 heteroatoms. The Kier molecular flexibility index (Phi) is 5.87. The zero-order chi connectivity index (χ0) is 15.9. The molecule has 0 saturated carbocycles. The first kappa shape index (κ1) is 16.3. The van der Waals surface area contributed by atoms with E-state index in [4.69, 9.17) is 4.74 Å². The number of carbonyl (C=O) groups is 1. The van der Waals surface area contributed by atoms with Crippen LogP contribution in [-0.4, -0.2) is 30.5 Å². The average Bonchev–Trinajstić information content (AvgIpc) is 2.63. The van der Waals surface area contributed by atoms with E-state index in [0.717, 1.165) is 45.4 Å². The zero-order valence-corrected chi connectivity index (χ0v) is 13.8. The molecule has 1 saturated heterocycles. The highest BCUT2D eigenvalue weighted by Crippen LogP contribution is 2.24. The molecule has 124 valence electrons. The molecule has 1 aromatic rings. The van der Waals surface area contributed by atoms with Gasteiger partial charge in [-0.2, -0.15) is 0 Å². The largest absolute Gasteiger partial charge is 0.376 e. The molecule has 0 radical (unpaired) electrons. The minimum absolute atomic E-state index is 0.212. The molecule has 0 aromatic heterocycles. The number of ether oxygens (including phenoxy) is 1. The summed E-state index contributed by atoms with van der Waals surface area (Å²) in [6.45, 7) is 3.21. The fourth-order valence-electron chi connectivity index (χ4n) is 3.60. The number of likely N-dealkylation sites (tertiary alicyclic amines) is 1. The van der Waals surface area contributed by atoms with Crippen LogP contribution in [0.25, 0.3) is 0 Å². The van der Waals surface area contributed by atoms with E-state index < -0.39 is 0 Å². The Balaban J connectivity index is 1.44. The Morgan fingerprint density at radius 1 is 1.17 bits per heavy atom. The third-order valence-electron chi connectivity index (χ3n) is 4.91. The number of hydrogen-bond acceptors (Lipinski definition) is 2. The Bertz CT molecular complexity index is 526. The maximum atomic E-state index is 12.6. The van der Waals surface area contributed by atoms with Crippen molar-refractivity contribution in [3.8, 4) is 0 Å². The maximum absolute atomic E-state index is 12.6. The van der Waals surface area contributed by atoms with E-state index in [1.165, 1.54) is 12.0 Å². The van der Waals surface area contributed by atoms with Crippen LogP contribution in [-0.2, 0) is 16.1 Å². The van der Waals surface area contributed by atoms with Crippen LogP contribution in [0.5, 0.6) is 0 Å². The average molecular weight is 313 g/mol. The van der Waals surface area contributed by atoms with Gasteiger partial charge in [0.1, 0.15) is 0 Å². The zero-order valence-electron chi connectivity index (χ0n) is 13.8. The molecular formula is C20H27NO2. The molecule has 1 aromatic carbocycles. The molecule has 3 rings (SSSR count). The SMILES string of the molecule is O=C(C1CC=CCC1)N1CCCC(COCc2ccccc2)C1. The molecule has 2 atom stereocenters. The van der Waals surface area contributed by atoms with E-state index in [-0.39, 0.29) is 5.92 Å². The van der Waals surface area contributed by atoms with Gasteiger partial charge in [-0.25, -0.2) is 0 Å². The van der Waals surface area contributed by atoms with Gasteiger partial charge in [0.25, 0.3) is 0 Å². The van der Waals surface area contributed by atoms with E-state index in [2.05, 4.69) is 29.2 Å². The van der Waals surface area contributed by atoms with Crippen LogP contribution in [0.3, 0.4) is 0 Å². The molecule has 0 spiro atoms. The van der Waals surface area contributed by atoms with Crippen molar-refractivity contribution < 1.29 is 9.53 Å². The van der Waals surface area contributed by atoms with E-state index >= 15 is 0 Å². The second-order valence-corrected chi connectivity index (χ2v) is 6.77. The Hall–Kier alpha value is -1.61. The van der Waals surface area contributed by atoms with Crippen molar-refractivity contribution in [3.05, 3.63) is 48.0 Å². The van der Waals surface area contributed by atoms with Gasteiger partial charge in [0.05, 0.1) is 13.2 Å². The first-order valence-electron chi connectivity index (χ1n) is 8.88.